The number of aliphatic carboxylic acids is 1. The second-order valence-electron chi connectivity index (χ2n) is 5.41. The Bertz CT molecular complexity index is 493. The van der Waals surface area contributed by atoms with E-state index in [1.807, 2.05) is 0 Å². The second-order valence-corrected chi connectivity index (χ2v) is 5.41. The van der Waals surface area contributed by atoms with E-state index in [1.165, 1.54) is 6.92 Å². The van der Waals surface area contributed by atoms with Crippen LogP contribution in [0.2, 0.25) is 0 Å². The highest BCUT2D eigenvalue weighted by molar-refractivity contribution is 6.01. The zero-order chi connectivity index (χ0) is 15.6. The van der Waals surface area contributed by atoms with E-state index in [0.717, 1.165) is 0 Å². The second kappa shape index (κ2) is 5.68. The van der Waals surface area contributed by atoms with Gasteiger partial charge in [-0.25, -0.2) is 4.79 Å². The molecule has 2 rings (SSSR count). The SMILES string of the molecule is CC1(C(=O)O)COCC1NC(=O)NC1CCC(=O)NC1=O. The predicted molar refractivity (Wildman–Crippen MR) is 68.2 cm³/mol. The first-order chi connectivity index (χ1) is 9.83. The average Bonchev–Trinajstić information content (AvgIpc) is 2.76. The third-order valence-corrected chi connectivity index (χ3v) is 3.79. The van der Waals surface area contributed by atoms with Gasteiger partial charge in [-0.05, 0) is 13.3 Å². The van der Waals surface area contributed by atoms with Crippen molar-refractivity contribution in [2.24, 2.45) is 5.41 Å². The molecule has 2 aliphatic rings. The number of hydrogen-bond donors (Lipinski definition) is 4. The van der Waals surface area contributed by atoms with E-state index in [1.54, 1.807) is 0 Å². The van der Waals surface area contributed by atoms with Gasteiger partial charge < -0.3 is 20.5 Å². The smallest absolute Gasteiger partial charge is 0.315 e. The molecule has 9 heteroatoms. The first-order valence-electron chi connectivity index (χ1n) is 6.55. The highest BCUT2D eigenvalue weighted by Gasteiger charge is 2.47. The number of amides is 4. The Morgan fingerprint density at radius 2 is 2.10 bits per heavy atom. The fourth-order valence-corrected chi connectivity index (χ4v) is 2.27. The summed E-state index contributed by atoms with van der Waals surface area (Å²) in [7, 11) is 0. The minimum atomic E-state index is -1.21. The van der Waals surface area contributed by atoms with Gasteiger partial charge in [-0.15, -0.1) is 0 Å². The van der Waals surface area contributed by atoms with Gasteiger partial charge in [0, 0.05) is 6.42 Å². The summed E-state index contributed by atoms with van der Waals surface area (Å²) in [6.45, 7) is 1.58. The summed E-state index contributed by atoms with van der Waals surface area (Å²) >= 11 is 0. The lowest BCUT2D eigenvalue weighted by Crippen LogP contribution is -2.58. The Morgan fingerprint density at radius 1 is 1.38 bits per heavy atom. The lowest BCUT2D eigenvalue weighted by atomic mass is 9.85. The highest BCUT2D eigenvalue weighted by Crippen LogP contribution is 2.28. The van der Waals surface area contributed by atoms with Gasteiger partial charge in [0.05, 0.1) is 19.3 Å². The first kappa shape index (κ1) is 15.2. The summed E-state index contributed by atoms with van der Waals surface area (Å²) in [6, 6.07) is -2.16. The molecule has 2 fully saturated rings. The van der Waals surface area contributed by atoms with Crippen molar-refractivity contribution in [1.29, 1.82) is 0 Å². The standard InChI is InChI=1S/C12H17N3O6/c1-12(10(18)19)5-21-4-7(12)14-11(20)13-6-2-3-8(16)15-9(6)17/h6-7H,2-5H2,1H3,(H,18,19)(H2,13,14,20)(H,15,16,17). The van der Waals surface area contributed by atoms with E-state index < -0.39 is 35.4 Å². The Balaban J connectivity index is 1.91. The molecule has 9 nitrogen and oxygen atoms in total. The Morgan fingerprint density at radius 3 is 2.71 bits per heavy atom. The van der Waals surface area contributed by atoms with Crippen LogP contribution >= 0.6 is 0 Å². The van der Waals surface area contributed by atoms with Crippen molar-refractivity contribution in [1.82, 2.24) is 16.0 Å². The Labute approximate surface area is 120 Å². The Kier molecular flexibility index (Phi) is 4.12. The molecule has 0 radical (unpaired) electrons. The summed E-state index contributed by atoms with van der Waals surface area (Å²) < 4.78 is 5.11. The topological polar surface area (TPSA) is 134 Å². The van der Waals surface area contributed by atoms with E-state index in [4.69, 9.17) is 4.74 Å². The van der Waals surface area contributed by atoms with E-state index >= 15 is 0 Å². The molecule has 2 heterocycles. The summed E-state index contributed by atoms with van der Waals surface area (Å²) in [5.74, 6) is -2.00. The number of carbonyl (C=O) groups is 4. The number of imide groups is 1. The van der Waals surface area contributed by atoms with Crippen molar-refractivity contribution < 1.29 is 29.0 Å². The lowest BCUT2D eigenvalue weighted by Gasteiger charge is -2.27. The van der Waals surface area contributed by atoms with Crippen LogP contribution in [-0.4, -0.2) is 54.2 Å². The first-order valence-corrected chi connectivity index (χ1v) is 6.55. The van der Waals surface area contributed by atoms with Gasteiger partial charge in [0.25, 0.3) is 0 Å². The fraction of sp³-hybridized carbons (Fsp3) is 0.667. The molecule has 3 atom stereocenters. The largest absolute Gasteiger partial charge is 0.481 e. The van der Waals surface area contributed by atoms with Crippen LogP contribution in [-0.2, 0) is 19.1 Å². The van der Waals surface area contributed by atoms with Crippen LogP contribution in [0.3, 0.4) is 0 Å². The van der Waals surface area contributed by atoms with Crippen LogP contribution in [0.15, 0.2) is 0 Å². The number of carboxylic acid groups (broad SMARTS) is 1. The van der Waals surface area contributed by atoms with Gasteiger partial charge in [0.15, 0.2) is 0 Å². The van der Waals surface area contributed by atoms with Gasteiger partial charge in [0.1, 0.15) is 11.5 Å². The van der Waals surface area contributed by atoms with Crippen molar-refractivity contribution in [2.45, 2.75) is 31.8 Å². The van der Waals surface area contributed by atoms with Crippen molar-refractivity contribution in [2.75, 3.05) is 13.2 Å². The van der Waals surface area contributed by atoms with Crippen LogP contribution in [0.25, 0.3) is 0 Å². The molecule has 116 valence electrons. The molecule has 0 aromatic heterocycles. The molecule has 0 spiro atoms. The van der Waals surface area contributed by atoms with E-state index in [-0.39, 0.29) is 32.0 Å². The van der Waals surface area contributed by atoms with Gasteiger partial charge in [-0.1, -0.05) is 0 Å². The van der Waals surface area contributed by atoms with Gasteiger partial charge in [-0.2, -0.15) is 0 Å². The average molecular weight is 299 g/mol. The maximum absolute atomic E-state index is 11.9. The quantitative estimate of drug-likeness (QED) is 0.473. The monoisotopic (exact) mass is 299 g/mol. The molecule has 2 aliphatic heterocycles. The molecule has 4 amide bonds. The number of rotatable bonds is 3. The maximum Gasteiger partial charge on any atom is 0.315 e. The molecule has 3 unspecified atom stereocenters. The number of carbonyl (C=O) groups excluding carboxylic acids is 3. The molecule has 0 aliphatic carbocycles. The van der Waals surface area contributed by atoms with Crippen LogP contribution in [0.4, 0.5) is 4.79 Å². The molecule has 0 saturated carbocycles. The predicted octanol–water partition coefficient (Wildman–Crippen LogP) is -1.42. The maximum atomic E-state index is 11.9. The highest BCUT2D eigenvalue weighted by atomic mass is 16.5. The molecular weight excluding hydrogens is 282 g/mol. The molecule has 2 saturated heterocycles. The van der Waals surface area contributed by atoms with E-state index in [2.05, 4.69) is 16.0 Å². The number of carboxylic acids is 1. The number of ether oxygens (including phenoxy) is 1. The number of urea groups is 1. The molecule has 0 bridgehead atoms. The van der Waals surface area contributed by atoms with Gasteiger partial charge >= 0.3 is 12.0 Å². The van der Waals surface area contributed by atoms with Gasteiger partial charge in [0.2, 0.25) is 11.8 Å². The van der Waals surface area contributed by atoms with Crippen LogP contribution in [0.1, 0.15) is 19.8 Å². The zero-order valence-electron chi connectivity index (χ0n) is 11.5. The zero-order valence-corrected chi connectivity index (χ0v) is 11.5. The normalized spacial score (nSPS) is 32.4. The molecule has 21 heavy (non-hydrogen) atoms. The van der Waals surface area contributed by atoms with E-state index in [9.17, 15) is 24.3 Å². The fourth-order valence-electron chi connectivity index (χ4n) is 2.27. The summed E-state index contributed by atoms with van der Waals surface area (Å²) in [6.07, 6.45) is 0.367. The van der Waals surface area contributed by atoms with Crippen LogP contribution in [0, 0.1) is 5.41 Å². The van der Waals surface area contributed by atoms with Crippen molar-refractivity contribution in [3.05, 3.63) is 0 Å². The lowest BCUT2D eigenvalue weighted by molar-refractivity contribution is -0.148. The molecular formula is C12H17N3O6. The molecule has 0 aromatic rings. The third kappa shape index (κ3) is 3.13. The van der Waals surface area contributed by atoms with Gasteiger partial charge in [-0.3, -0.25) is 19.7 Å². The summed E-state index contributed by atoms with van der Waals surface area (Å²) in [5.41, 5.74) is -1.21. The third-order valence-electron chi connectivity index (χ3n) is 3.79. The van der Waals surface area contributed by atoms with Crippen LogP contribution < -0.4 is 16.0 Å². The van der Waals surface area contributed by atoms with Crippen LogP contribution in [0.5, 0.6) is 0 Å². The molecule has 0 aromatic carbocycles. The summed E-state index contributed by atoms with van der Waals surface area (Å²) in [5, 5.41) is 16.3. The van der Waals surface area contributed by atoms with Crippen molar-refractivity contribution in [3.8, 4) is 0 Å². The molecule has 4 N–H and O–H groups in total. The minimum absolute atomic E-state index is 0.00565. The van der Waals surface area contributed by atoms with E-state index in [0.29, 0.717) is 0 Å². The Hall–Kier alpha value is -2.16. The van der Waals surface area contributed by atoms with Crippen molar-refractivity contribution in [3.63, 3.8) is 0 Å². The summed E-state index contributed by atoms with van der Waals surface area (Å²) in [4.78, 5) is 45.6. The minimum Gasteiger partial charge on any atom is -0.481 e. The number of nitrogens with one attached hydrogen (secondary N) is 3. The number of piperidine rings is 1. The number of hydrogen-bond acceptors (Lipinski definition) is 5. The van der Waals surface area contributed by atoms with Crippen molar-refractivity contribution >= 4 is 23.8 Å².